The minimum absolute atomic E-state index is 0.127. The molecule has 0 saturated heterocycles. The Labute approximate surface area is 127 Å². The van der Waals surface area contributed by atoms with Gasteiger partial charge >= 0.3 is 0 Å². The molecule has 5 nitrogen and oxygen atoms in total. The number of rotatable bonds is 6. The average molecular weight is 292 g/mol. The predicted octanol–water partition coefficient (Wildman–Crippen LogP) is 2.99. The van der Waals surface area contributed by atoms with E-state index in [1.54, 1.807) is 6.33 Å². The summed E-state index contributed by atoms with van der Waals surface area (Å²) in [4.78, 5) is 8.78. The van der Waals surface area contributed by atoms with Gasteiger partial charge in [-0.15, -0.1) is 0 Å². The van der Waals surface area contributed by atoms with Gasteiger partial charge in [-0.1, -0.05) is 20.3 Å². The van der Waals surface area contributed by atoms with E-state index in [2.05, 4.69) is 41.4 Å². The number of aliphatic hydroxyl groups excluding tert-OH is 1. The molecular formula is C16H28N4O. The van der Waals surface area contributed by atoms with Crippen LogP contribution in [0.3, 0.4) is 0 Å². The Bertz CT molecular complexity index is 450. The van der Waals surface area contributed by atoms with E-state index in [1.165, 1.54) is 6.42 Å². The molecule has 0 aliphatic heterocycles. The third kappa shape index (κ3) is 4.30. The Hall–Kier alpha value is -1.36. The van der Waals surface area contributed by atoms with Crippen LogP contribution in [0.2, 0.25) is 0 Å². The first-order valence-electron chi connectivity index (χ1n) is 8.12. The molecule has 1 fully saturated rings. The number of hydrogen-bond donors (Lipinski definition) is 3. The lowest BCUT2D eigenvalue weighted by Gasteiger charge is -2.27. The summed E-state index contributed by atoms with van der Waals surface area (Å²) in [6.07, 6.45) is 5.64. The molecule has 2 atom stereocenters. The van der Waals surface area contributed by atoms with E-state index in [-0.39, 0.29) is 6.10 Å². The van der Waals surface area contributed by atoms with E-state index in [0.29, 0.717) is 11.8 Å². The standard InChI is InChI=1S/C16H28N4O/c1-4-17-15-14(11(2)3)16(20-10-19-15)18-9-12-6-5-7-13(21)8-12/h10-13,21H,4-9H2,1-3H3,(H2,17,18,19,20). The molecule has 1 aliphatic carbocycles. The van der Waals surface area contributed by atoms with Gasteiger partial charge in [0.2, 0.25) is 0 Å². The molecule has 2 rings (SSSR count). The average Bonchev–Trinajstić information content (AvgIpc) is 2.45. The molecule has 1 heterocycles. The zero-order valence-corrected chi connectivity index (χ0v) is 13.4. The van der Waals surface area contributed by atoms with Crippen molar-refractivity contribution < 1.29 is 5.11 Å². The third-order valence-corrected chi connectivity index (χ3v) is 4.12. The maximum absolute atomic E-state index is 9.77. The fourth-order valence-electron chi connectivity index (χ4n) is 3.08. The van der Waals surface area contributed by atoms with Crippen molar-refractivity contribution in [3.63, 3.8) is 0 Å². The Morgan fingerprint density at radius 2 is 1.95 bits per heavy atom. The number of aliphatic hydroxyl groups is 1. The van der Waals surface area contributed by atoms with Gasteiger partial charge in [0.1, 0.15) is 18.0 Å². The van der Waals surface area contributed by atoms with Crippen LogP contribution >= 0.6 is 0 Å². The van der Waals surface area contributed by atoms with Gasteiger partial charge in [0.25, 0.3) is 0 Å². The zero-order valence-electron chi connectivity index (χ0n) is 13.4. The molecule has 1 aromatic rings. The molecule has 3 N–H and O–H groups in total. The van der Waals surface area contributed by atoms with E-state index in [9.17, 15) is 5.11 Å². The second-order valence-corrected chi connectivity index (χ2v) is 6.24. The molecule has 21 heavy (non-hydrogen) atoms. The van der Waals surface area contributed by atoms with Gasteiger partial charge in [-0.05, 0) is 38.0 Å². The summed E-state index contributed by atoms with van der Waals surface area (Å²) < 4.78 is 0. The van der Waals surface area contributed by atoms with E-state index in [4.69, 9.17) is 0 Å². The van der Waals surface area contributed by atoms with Crippen LogP contribution in [-0.4, -0.2) is 34.3 Å². The van der Waals surface area contributed by atoms with E-state index in [1.807, 2.05) is 0 Å². The summed E-state index contributed by atoms with van der Waals surface area (Å²) >= 11 is 0. The first-order valence-corrected chi connectivity index (χ1v) is 8.12. The molecule has 2 unspecified atom stereocenters. The van der Waals surface area contributed by atoms with Gasteiger partial charge in [-0.25, -0.2) is 9.97 Å². The van der Waals surface area contributed by atoms with Crippen LogP contribution in [0.5, 0.6) is 0 Å². The van der Waals surface area contributed by atoms with Crippen LogP contribution in [0.25, 0.3) is 0 Å². The minimum atomic E-state index is -0.127. The molecule has 0 spiro atoms. The molecular weight excluding hydrogens is 264 g/mol. The van der Waals surface area contributed by atoms with Crippen LogP contribution in [0.1, 0.15) is 57.9 Å². The lowest BCUT2D eigenvalue weighted by Crippen LogP contribution is -2.25. The van der Waals surface area contributed by atoms with Crippen molar-refractivity contribution in [3.05, 3.63) is 11.9 Å². The number of hydrogen-bond acceptors (Lipinski definition) is 5. The highest BCUT2D eigenvalue weighted by atomic mass is 16.3. The smallest absolute Gasteiger partial charge is 0.134 e. The summed E-state index contributed by atoms with van der Waals surface area (Å²) in [6.45, 7) is 8.12. The fraction of sp³-hybridized carbons (Fsp3) is 0.750. The quantitative estimate of drug-likeness (QED) is 0.752. The van der Waals surface area contributed by atoms with Crippen molar-refractivity contribution in [2.75, 3.05) is 23.7 Å². The van der Waals surface area contributed by atoms with Gasteiger partial charge in [0.15, 0.2) is 0 Å². The van der Waals surface area contributed by atoms with E-state index >= 15 is 0 Å². The second-order valence-electron chi connectivity index (χ2n) is 6.24. The summed E-state index contributed by atoms with van der Waals surface area (Å²) in [6, 6.07) is 0. The Kier molecular flexibility index (Phi) is 5.79. The lowest BCUT2D eigenvalue weighted by atomic mass is 9.87. The highest BCUT2D eigenvalue weighted by Gasteiger charge is 2.21. The SMILES string of the molecule is CCNc1ncnc(NCC2CCCC(O)C2)c1C(C)C. The summed E-state index contributed by atoms with van der Waals surface area (Å²) in [7, 11) is 0. The van der Waals surface area contributed by atoms with Crippen LogP contribution in [0, 0.1) is 5.92 Å². The van der Waals surface area contributed by atoms with Crippen LogP contribution < -0.4 is 10.6 Å². The van der Waals surface area contributed by atoms with Crippen LogP contribution in [0.15, 0.2) is 6.33 Å². The van der Waals surface area contributed by atoms with Crippen molar-refractivity contribution >= 4 is 11.6 Å². The number of nitrogens with one attached hydrogen (secondary N) is 2. The van der Waals surface area contributed by atoms with E-state index < -0.39 is 0 Å². The summed E-state index contributed by atoms with van der Waals surface area (Å²) in [5.41, 5.74) is 1.15. The predicted molar refractivity (Wildman–Crippen MR) is 86.7 cm³/mol. The summed E-state index contributed by atoms with van der Waals surface area (Å²) in [5, 5.41) is 16.6. The van der Waals surface area contributed by atoms with Gasteiger partial charge < -0.3 is 15.7 Å². The maximum atomic E-state index is 9.77. The molecule has 5 heteroatoms. The fourth-order valence-corrected chi connectivity index (χ4v) is 3.08. The molecule has 1 aliphatic rings. The molecule has 118 valence electrons. The first-order chi connectivity index (χ1) is 10.1. The topological polar surface area (TPSA) is 70.1 Å². The van der Waals surface area contributed by atoms with Gasteiger partial charge in [0.05, 0.1) is 6.10 Å². The largest absolute Gasteiger partial charge is 0.393 e. The zero-order chi connectivity index (χ0) is 15.2. The van der Waals surface area contributed by atoms with Gasteiger partial charge in [-0.3, -0.25) is 0 Å². The lowest BCUT2D eigenvalue weighted by molar-refractivity contribution is 0.104. The second kappa shape index (κ2) is 7.59. The molecule has 1 saturated carbocycles. The Morgan fingerprint density at radius 3 is 2.57 bits per heavy atom. The van der Waals surface area contributed by atoms with Crippen LogP contribution in [-0.2, 0) is 0 Å². The van der Waals surface area contributed by atoms with Crippen molar-refractivity contribution in [1.29, 1.82) is 0 Å². The van der Waals surface area contributed by atoms with Gasteiger partial charge in [0, 0.05) is 18.7 Å². The highest BCUT2D eigenvalue weighted by molar-refractivity contribution is 5.58. The first kappa shape index (κ1) is 16.0. The molecule has 0 bridgehead atoms. The van der Waals surface area contributed by atoms with Crippen molar-refractivity contribution in [1.82, 2.24) is 9.97 Å². The van der Waals surface area contributed by atoms with Crippen LogP contribution in [0.4, 0.5) is 11.6 Å². The number of nitrogens with zero attached hydrogens (tertiary/aromatic N) is 2. The number of aromatic nitrogens is 2. The van der Waals surface area contributed by atoms with Crippen molar-refractivity contribution in [2.24, 2.45) is 5.92 Å². The number of anilines is 2. The highest BCUT2D eigenvalue weighted by Crippen LogP contribution is 2.29. The summed E-state index contributed by atoms with van der Waals surface area (Å²) in [5.74, 6) is 2.75. The van der Waals surface area contributed by atoms with Crippen molar-refractivity contribution in [2.45, 2.75) is 58.5 Å². The normalized spacial score (nSPS) is 22.3. The molecule has 1 aromatic heterocycles. The third-order valence-electron chi connectivity index (χ3n) is 4.12. The van der Waals surface area contributed by atoms with E-state index in [0.717, 1.165) is 49.6 Å². The van der Waals surface area contributed by atoms with Gasteiger partial charge in [-0.2, -0.15) is 0 Å². The van der Waals surface area contributed by atoms with Crippen molar-refractivity contribution in [3.8, 4) is 0 Å². The monoisotopic (exact) mass is 292 g/mol. The molecule has 0 aromatic carbocycles. The minimum Gasteiger partial charge on any atom is -0.393 e. The Morgan fingerprint density at radius 1 is 1.24 bits per heavy atom. The molecule has 0 radical (unpaired) electrons. The maximum Gasteiger partial charge on any atom is 0.134 e. The molecule has 0 amide bonds. The Balaban J connectivity index is 2.06.